The Morgan fingerprint density at radius 1 is 1.50 bits per heavy atom. The van der Waals surface area contributed by atoms with Gasteiger partial charge in [-0.1, -0.05) is 6.92 Å². The second-order valence-electron chi connectivity index (χ2n) is 4.68. The van der Waals surface area contributed by atoms with Crippen molar-refractivity contribution in [1.29, 1.82) is 0 Å². The number of aliphatic hydroxyl groups excluding tert-OH is 1. The van der Waals surface area contributed by atoms with Crippen LogP contribution < -0.4 is 0 Å². The molecule has 1 aliphatic rings. The molecule has 1 unspecified atom stereocenters. The summed E-state index contributed by atoms with van der Waals surface area (Å²) in [4.78, 5) is 2.28. The van der Waals surface area contributed by atoms with E-state index in [1.807, 2.05) is 0 Å². The van der Waals surface area contributed by atoms with Gasteiger partial charge in [0.1, 0.15) is 0 Å². The summed E-state index contributed by atoms with van der Waals surface area (Å²) in [6, 6.07) is 2.29. The molecule has 2 heterocycles. The van der Waals surface area contributed by atoms with Gasteiger partial charge in [0, 0.05) is 19.6 Å². The van der Waals surface area contributed by atoms with E-state index in [4.69, 9.17) is 4.74 Å². The van der Waals surface area contributed by atoms with Crippen molar-refractivity contribution < 1.29 is 9.84 Å². The molecule has 1 aromatic rings. The molecular formula is C13H23N3O2. The third kappa shape index (κ3) is 2.91. The smallest absolute Gasteiger partial charge is 0.0645 e. The number of morpholine rings is 1. The van der Waals surface area contributed by atoms with E-state index in [1.165, 1.54) is 5.69 Å². The van der Waals surface area contributed by atoms with E-state index in [9.17, 15) is 5.11 Å². The Morgan fingerprint density at radius 3 is 3.00 bits per heavy atom. The van der Waals surface area contributed by atoms with Gasteiger partial charge in [0.05, 0.1) is 37.3 Å². The molecule has 0 spiro atoms. The Hall–Kier alpha value is -0.910. The minimum atomic E-state index is 0.115. The number of ether oxygens (including phenoxy) is 1. The first-order valence-electron chi connectivity index (χ1n) is 6.76. The molecule has 0 bridgehead atoms. The van der Waals surface area contributed by atoms with Crippen LogP contribution in [0.4, 0.5) is 0 Å². The van der Waals surface area contributed by atoms with E-state index >= 15 is 0 Å². The van der Waals surface area contributed by atoms with Gasteiger partial charge in [-0.3, -0.25) is 9.58 Å². The molecular weight excluding hydrogens is 230 g/mol. The Labute approximate surface area is 108 Å². The monoisotopic (exact) mass is 253 g/mol. The standard InChI is InChI=1S/C13H23N3O2/c1-3-11-7-12(16(4-2)14-11)8-15-5-6-18-10-13(15)9-17/h7,13,17H,3-6,8-10H2,1-2H3. The van der Waals surface area contributed by atoms with E-state index < -0.39 is 0 Å². The van der Waals surface area contributed by atoms with Gasteiger partial charge in [-0.25, -0.2) is 0 Å². The first-order valence-corrected chi connectivity index (χ1v) is 6.76. The highest BCUT2D eigenvalue weighted by molar-refractivity contribution is 5.10. The van der Waals surface area contributed by atoms with Crippen molar-refractivity contribution in [2.75, 3.05) is 26.4 Å². The number of hydrogen-bond donors (Lipinski definition) is 1. The third-order valence-corrected chi connectivity index (χ3v) is 3.50. The summed E-state index contributed by atoms with van der Waals surface area (Å²) >= 11 is 0. The van der Waals surface area contributed by atoms with Crippen LogP contribution in [0.1, 0.15) is 25.2 Å². The number of rotatable bonds is 5. The minimum Gasteiger partial charge on any atom is -0.395 e. The first-order chi connectivity index (χ1) is 8.78. The van der Waals surface area contributed by atoms with Crippen molar-refractivity contribution in [2.45, 2.75) is 39.4 Å². The first kappa shape index (κ1) is 13.5. The zero-order valence-corrected chi connectivity index (χ0v) is 11.3. The van der Waals surface area contributed by atoms with Crippen molar-refractivity contribution in [1.82, 2.24) is 14.7 Å². The minimum absolute atomic E-state index is 0.115. The highest BCUT2D eigenvalue weighted by Gasteiger charge is 2.23. The molecule has 1 fully saturated rings. The lowest BCUT2D eigenvalue weighted by Crippen LogP contribution is -2.47. The fourth-order valence-electron chi connectivity index (χ4n) is 2.36. The zero-order chi connectivity index (χ0) is 13.0. The largest absolute Gasteiger partial charge is 0.395 e. The molecule has 1 atom stereocenters. The summed E-state index contributed by atoms with van der Waals surface area (Å²) in [6.07, 6.45) is 0.965. The predicted molar refractivity (Wildman–Crippen MR) is 69.4 cm³/mol. The fourth-order valence-corrected chi connectivity index (χ4v) is 2.36. The summed E-state index contributed by atoms with van der Waals surface area (Å²) in [5.41, 5.74) is 2.37. The summed E-state index contributed by atoms with van der Waals surface area (Å²) in [6.45, 7) is 8.37. The highest BCUT2D eigenvalue weighted by Crippen LogP contribution is 2.14. The van der Waals surface area contributed by atoms with Crippen molar-refractivity contribution in [3.63, 3.8) is 0 Å². The molecule has 1 saturated heterocycles. The van der Waals surface area contributed by atoms with Crippen LogP contribution in [0.15, 0.2) is 6.07 Å². The molecule has 0 aliphatic carbocycles. The lowest BCUT2D eigenvalue weighted by atomic mass is 10.2. The van der Waals surface area contributed by atoms with Crippen LogP contribution in [-0.2, 0) is 24.2 Å². The quantitative estimate of drug-likeness (QED) is 0.837. The molecule has 1 aliphatic heterocycles. The number of aromatic nitrogens is 2. The molecule has 2 rings (SSSR count). The van der Waals surface area contributed by atoms with Crippen LogP contribution in [0.3, 0.4) is 0 Å². The average Bonchev–Trinajstić information content (AvgIpc) is 2.81. The lowest BCUT2D eigenvalue weighted by molar-refractivity contribution is -0.0322. The molecule has 0 radical (unpaired) electrons. The third-order valence-electron chi connectivity index (χ3n) is 3.50. The van der Waals surface area contributed by atoms with Gasteiger partial charge in [-0.05, 0) is 19.4 Å². The predicted octanol–water partition coefficient (Wildman–Crippen LogP) is 0.658. The molecule has 1 N–H and O–H groups in total. The van der Waals surface area contributed by atoms with Gasteiger partial charge < -0.3 is 9.84 Å². The van der Waals surface area contributed by atoms with Gasteiger partial charge in [-0.2, -0.15) is 5.10 Å². The van der Waals surface area contributed by atoms with Crippen molar-refractivity contribution >= 4 is 0 Å². The maximum Gasteiger partial charge on any atom is 0.0645 e. The molecule has 0 saturated carbocycles. The molecule has 102 valence electrons. The molecule has 5 heteroatoms. The number of aryl methyl sites for hydroxylation is 2. The van der Waals surface area contributed by atoms with Crippen LogP contribution in [0.5, 0.6) is 0 Å². The molecule has 18 heavy (non-hydrogen) atoms. The molecule has 0 aromatic carbocycles. The van der Waals surface area contributed by atoms with Gasteiger partial charge in [-0.15, -0.1) is 0 Å². The highest BCUT2D eigenvalue weighted by atomic mass is 16.5. The topological polar surface area (TPSA) is 50.5 Å². The second-order valence-corrected chi connectivity index (χ2v) is 4.68. The second kappa shape index (κ2) is 6.31. The van der Waals surface area contributed by atoms with Crippen LogP contribution >= 0.6 is 0 Å². The zero-order valence-electron chi connectivity index (χ0n) is 11.3. The normalized spacial score (nSPS) is 21.4. The Kier molecular flexibility index (Phi) is 4.74. The van der Waals surface area contributed by atoms with E-state index in [2.05, 4.69) is 34.6 Å². The fraction of sp³-hybridized carbons (Fsp3) is 0.769. The van der Waals surface area contributed by atoms with E-state index in [0.717, 1.165) is 38.4 Å². The molecule has 0 amide bonds. The summed E-state index contributed by atoms with van der Waals surface area (Å²) in [7, 11) is 0. The summed E-state index contributed by atoms with van der Waals surface area (Å²) in [5.74, 6) is 0. The van der Waals surface area contributed by atoms with Crippen molar-refractivity contribution in [2.24, 2.45) is 0 Å². The van der Waals surface area contributed by atoms with Crippen LogP contribution in [0.2, 0.25) is 0 Å². The average molecular weight is 253 g/mol. The van der Waals surface area contributed by atoms with Gasteiger partial charge in [0.25, 0.3) is 0 Å². The SMILES string of the molecule is CCc1cc(CN2CCOCC2CO)n(CC)n1. The Bertz CT molecular complexity index is 378. The van der Waals surface area contributed by atoms with Crippen LogP contribution in [-0.4, -0.2) is 52.2 Å². The van der Waals surface area contributed by atoms with E-state index in [0.29, 0.717) is 6.61 Å². The number of nitrogens with zero attached hydrogens (tertiary/aromatic N) is 3. The van der Waals surface area contributed by atoms with Crippen LogP contribution in [0, 0.1) is 0 Å². The maximum absolute atomic E-state index is 9.37. The molecule has 1 aromatic heterocycles. The summed E-state index contributed by atoms with van der Waals surface area (Å²) < 4.78 is 7.46. The summed E-state index contributed by atoms with van der Waals surface area (Å²) in [5, 5.41) is 13.9. The van der Waals surface area contributed by atoms with E-state index in [1.54, 1.807) is 0 Å². The lowest BCUT2D eigenvalue weighted by Gasteiger charge is -2.34. The molecule has 5 nitrogen and oxygen atoms in total. The Balaban J connectivity index is 2.09. The van der Waals surface area contributed by atoms with Gasteiger partial charge >= 0.3 is 0 Å². The van der Waals surface area contributed by atoms with Crippen LogP contribution in [0.25, 0.3) is 0 Å². The van der Waals surface area contributed by atoms with Gasteiger partial charge in [0.2, 0.25) is 0 Å². The maximum atomic E-state index is 9.37. The number of aliphatic hydroxyl groups is 1. The van der Waals surface area contributed by atoms with E-state index in [-0.39, 0.29) is 12.6 Å². The number of hydrogen-bond acceptors (Lipinski definition) is 4. The van der Waals surface area contributed by atoms with Crippen molar-refractivity contribution in [3.05, 3.63) is 17.5 Å². The Morgan fingerprint density at radius 2 is 2.33 bits per heavy atom. The van der Waals surface area contributed by atoms with Crippen molar-refractivity contribution in [3.8, 4) is 0 Å². The van der Waals surface area contributed by atoms with Gasteiger partial charge in [0.15, 0.2) is 0 Å².